The molecule has 0 aliphatic carbocycles. The fourth-order valence-electron chi connectivity index (χ4n) is 2.98. The maximum absolute atomic E-state index is 13.7. The Hall–Kier alpha value is -1.43. The first-order valence-electron chi connectivity index (χ1n) is 8.49. The Kier molecular flexibility index (Phi) is 6.60. The van der Waals surface area contributed by atoms with E-state index in [0.29, 0.717) is 6.54 Å². The summed E-state index contributed by atoms with van der Waals surface area (Å²) in [7, 11) is 0. The standard InChI is InChI=1S/C19H26ClFN2O2/c1-13-10-23(11-14(2)25-13)19(3,4)12-22-18(24)9-8-15-16(20)6-5-7-17(15)21/h5-9,13-14H,10-12H2,1-4H3,(H,22,24)/b9-8+. The van der Waals surface area contributed by atoms with E-state index in [-0.39, 0.29) is 34.2 Å². The van der Waals surface area contributed by atoms with Crippen molar-refractivity contribution in [2.24, 2.45) is 0 Å². The molecule has 1 aliphatic heterocycles. The summed E-state index contributed by atoms with van der Waals surface area (Å²) < 4.78 is 19.5. The molecule has 1 fully saturated rings. The number of hydrogen-bond acceptors (Lipinski definition) is 3. The van der Waals surface area contributed by atoms with Crippen molar-refractivity contribution in [3.63, 3.8) is 0 Å². The highest BCUT2D eigenvalue weighted by Gasteiger charge is 2.33. The first kappa shape index (κ1) is 19.9. The number of rotatable bonds is 5. The largest absolute Gasteiger partial charge is 0.373 e. The molecular weight excluding hydrogens is 343 g/mol. The van der Waals surface area contributed by atoms with Gasteiger partial charge in [-0.15, -0.1) is 0 Å². The average molecular weight is 369 g/mol. The number of halogens is 2. The predicted octanol–water partition coefficient (Wildman–Crippen LogP) is 3.50. The SMILES string of the molecule is CC1CN(C(C)(C)CNC(=O)/C=C/c2c(F)cccc2Cl)CC(C)O1. The van der Waals surface area contributed by atoms with Gasteiger partial charge in [-0.2, -0.15) is 0 Å². The molecule has 2 rings (SSSR count). The number of benzene rings is 1. The minimum absolute atomic E-state index is 0.168. The highest BCUT2D eigenvalue weighted by molar-refractivity contribution is 6.32. The number of amides is 1. The van der Waals surface area contributed by atoms with Crippen molar-refractivity contribution in [1.82, 2.24) is 10.2 Å². The molecule has 0 spiro atoms. The molecule has 2 atom stereocenters. The maximum atomic E-state index is 13.7. The zero-order valence-corrected chi connectivity index (χ0v) is 15.9. The van der Waals surface area contributed by atoms with Gasteiger partial charge in [-0.3, -0.25) is 9.69 Å². The van der Waals surface area contributed by atoms with E-state index < -0.39 is 5.82 Å². The van der Waals surface area contributed by atoms with E-state index in [1.165, 1.54) is 24.3 Å². The van der Waals surface area contributed by atoms with E-state index in [9.17, 15) is 9.18 Å². The van der Waals surface area contributed by atoms with Crippen molar-refractivity contribution >= 4 is 23.6 Å². The van der Waals surface area contributed by atoms with Gasteiger partial charge in [0.05, 0.1) is 17.2 Å². The highest BCUT2D eigenvalue weighted by atomic mass is 35.5. The summed E-state index contributed by atoms with van der Waals surface area (Å²) in [6.07, 6.45) is 3.05. The van der Waals surface area contributed by atoms with Gasteiger partial charge in [0, 0.05) is 36.8 Å². The van der Waals surface area contributed by atoms with Crippen molar-refractivity contribution in [1.29, 1.82) is 0 Å². The number of carbonyl (C=O) groups is 1. The van der Waals surface area contributed by atoms with E-state index in [1.54, 1.807) is 6.07 Å². The fraction of sp³-hybridized carbons (Fsp3) is 0.526. The summed E-state index contributed by atoms with van der Waals surface area (Å²) >= 11 is 5.95. The first-order valence-corrected chi connectivity index (χ1v) is 8.87. The van der Waals surface area contributed by atoms with Crippen molar-refractivity contribution in [3.8, 4) is 0 Å². The lowest BCUT2D eigenvalue weighted by Crippen LogP contribution is -2.58. The Labute approximate surface area is 154 Å². The number of nitrogens with zero attached hydrogens (tertiary/aromatic N) is 1. The number of carbonyl (C=O) groups excluding carboxylic acids is 1. The van der Waals surface area contributed by atoms with E-state index in [1.807, 2.05) is 0 Å². The van der Waals surface area contributed by atoms with E-state index in [2.05, 4.69) is 37.9 Å². The van der Waals surface area contributed by atoms with E-state index in [0.717, 1.165) is 13.1 Å². The smallest absolute Gasteiger partial charge is 0.244 e. The highest BCUT2D eigenvalue weighted by Crippen LogP contribution is 2.21. The van der Waals surface area contributed by atoms with Crippen LogP contribution in [-0.2, 0) is 9.53 Å². The number of morpholine rings is 1. The molecule has 1 aromatic rings. The molecule has 0 bridgehead atoms. The molecule has 1 aliphatic rings. The molecule has 1 N–H and O–H groups in total. The Morgan fingerprint density at radius 1 is 1.40 bits per heavy atom. The van der Waals surface area contributed by atoms with Gasteiger partial charge in [-0.25, -0.2) is 4.39 Å². The minimum Gasteiger partial charge on any atom is -0.373 e. The predicted molar refractivity (Wildman–Crippen MR) is 99.1 cm³/mol. The zero-order valence-electron chi connectivity index (χ0n) is 15.2. The molecule has 1 amide bonds. The molecule has 1 aromatic carbocycles. The summed E-state index contributed by atoms with van der Waals surface area (Å²) in [5.74, 6) is -0.727. The van der Waals surface area contributed by atoms with Gasteiger partial charge in [0.15, 0.2) is 0 Å². The van der Waals surface area contributed by atoms with Crippen LogP contribution < -0.4 is 5.32 Å². The Morgan fingerprint density at radius 2 is 2.04 bits per heavy atom. The van der Waals surface area contributed by atoms with Crippen LogP contribution in [0.3, 0.4) is 0 Å². The van der Waals surface area contributed by atoms with Crippen molar-refractivity contribution in [3.05, 3.63) is 40.7 Å². The van der Waals surface area contributed by atoms with Crippen molar-refractivity contribution < 1.29 is 13.9 Å². The van der Waals surface area contributed by atoms with Crippen LogP contribution in [0.15, 0.2) is 24.3 Å². The number of nitrogens with one attached hydrogen (secondary N) is 1. The van der Waals surface area contributed by atoms with Gasteiger partial charge >= 0.3 is 0 Å². The third kappa shape index (κ3) is 5.53. The third-order valence-corrected chi connectivity index (χ3v) is 4.70. The van der Waals surface area contributed by atoms with Crippen molar-refractivity contribution in [2.75, 3.05) is 19.6 Å². The van der Waals surface area contributed by atoms with Crippen LogP contribution >= 0.6 is 11.6 Å². The number of ether oxygens (including phenoxy) is 1. The zero-order chi connectivity index (χ0) is 18.6. The molecule has 138 valence electrons. The van der Waals surface area contributed by atoms with Crippen molar-refractivity contribution in [2.45, 2.75) is 45.4 Å². The van der Waals surface area contributed by atoms with E-state index >= 15 is 0 Å². The van der Waals surface area contributed by atoms with E-state index in [4.69, 9.17) is 16.3 Å². The van der Waals surface area contributed by atoms with Crippen LogP contribution in [0.2, 0.25) is 5.02 Å². The second kappa shape index (κ2) is 8.30. The number of hydrogen-bond donors (Lipinski definition) is 1. The van der Waals surface area contributed by atoms with Crippen LogP contribution in [0.1, 0.15) is 33.3 Å². The molecule has 0 saturated carbocycles. The fourth-order valence-corrected chi connectivity index (χ4v) is 3.20. The van der Waals surface area contributed by atoms with Gasteiger partial charge in [0.2, 0.25) is 5.91 Å². The first-order chi connectivity index (χ1) is 11.7. The lowest BCUT2D eigenvalue weighted by molar-refractivity contribution is -0.118. The van der Waals surface area contributed by atoms with Gasteiger partial charge in [-0.05, 0) is 45.9 Å². The van der Waals surface area contributed by atoms with Crippen LogP contribution in [0, 0.1) is 5.82 Å². The van der Waals surface area contributed by atoms with Crippen LogP contribution in [-0.4, -0.2) is 48.2 Å². The van der Waals surface area contributed by atoms with Gasteiger partial charge in [-0.1, -0.05) is 17.7 Å². The molecular formula is C19H26ClFN2O2. The maximum Gasteiger partial charge on any atom is 0.244 e. The monoisotopic (exact) mass is 368 g/mol. The lowest BCUT2D eigenvalue weighted by atomic mass is 10.00. The topological polar surface area (TPSA) is 41.6 Å². The lowest BCUT2D eigenvalue weighted by Gasteiger charge is -2.45. The molecule has 0 radical (unpaired) electrons. The van der Waals surface area contributed by atoms with Gasteiger partial charge in [0.1, 0.15) is 5.82 Å². The third-order valence-electron chi connectivity index (χ3n) is 4.37. The molecule has 1 heterocycles. The second-order valence-electron chi connectivity index (χ2n) is 7.16. The van der Waals surface area contributed by atoms with Crippen LogP contribution in [0.5, 0.6) is 0 Å². The Morgan fingerprint density at radius 3 is 2.64 bits per heavy atom. The van der Waals surface area contributed by atoms with Crippen LogP contribution in [0.25, 0.3) is 6.08 Å². The minimum atomic E-state index is -0.451. The molecule has 6 heteroatoms. The molecule has 1 saturated heterocycles. The summed E-state index contributed by atoms with van der Waals surface area (Å²) in [5, 5.41) is 3.16. The average Bonchev–Trinajstić information content (AvgIpc) is 2.51. The Bertz CT molecular complexity index is 618. The molecule has 4 nitrogen and oxygen atoms in total. The summed E-state index contributed by atoms with van der Waals surface area (Å²) in [4.78, 5) is 14.4. The second-order valence-corrected chi connectivity index (χ2v) is 7.57. The quantitative estimate of drug-likeness (QED) is 0.809. The van der Waals surface area contributed by atoms with Gasteiger partial charge in [0.25, 0.3) is 0 Å². The normalized spacial score (nSPS) is 22.3. The summed E-state index contributed by atoms with van der Waals surface area (Å²) in [6, 6.07) is 4.43. The Balaban J connectivity index is 1.93. The summed E-state index contributed by atoms with van der Waals surface area (Å²) in [6.45, 7) is 10.4. The molecule has 25 heavy (non-hydrogen) atoms. The molecule has 0 aromatic heterocycles. The molecule has 2 unspecified atom stereocenters. The summed E-state index contributed by atoms with van der Waals surface area (Å²) in [5.41, 5.74) is 0.0141. The van der Waals surface area contributed by atoms with Crippen LogP contribution in [0.4, 0.5) is 4.39 Å². The van der Waals surface area contributed by atoms with Gasteiger partial charge < -0.3 is 10.1 Å².